The fraction of sp³-hybridized carbons (Fsp3) is 0.176. The van der Waals surface area contributed by atoms with Crippen molar-refractivity contribution in [3.63, 3.8) is 0 Å². The van der Waals surface area contributed by atoms with E-state index < -0.39 is 11.6 Å². The highest BCUT2D eigenvalue weighted by Gasteiger charge is 2.15. The molecule has 0 saturated heterocycles. The topological polar surface area (TPSA) is 57.8 Å². The second kappa shape index (κ2) is 7.53. The van der Waals surface area contributed by atoms with E-state index >= 15 is 0 Å². The maximum Gasteiger partial charge on any atom is 0.234 e. The molecule has 3 aromatic rings. The number of fused-ring (bicyclic) bond motifs is 1. The van der Waals surface area contributed by atoms with Crippen molar-refractivity contribution in [3.8, 4) is 0 Å². The summed E-state index contributed by atoms with van der Waals surface area (Å²) in [5.41, 5.74) is 1.75. The molecule has 1 atom stereocenters. The van der Waals surface area contributed by atoms with Crippen molar-refractivity contribution in [1.82, 2.24) is 9.97 Å². The lowest BCUT2D eigenvalue weighted by Crippen LogP contribution is -2.16. The van der Waals surface area contributed by atoms with Crippen LogP contribution in [0.4, 0.5) is 14.5 Å². The van der Waals surface area contributed by atoms with Gasteiger partial charge in [0.25, 0.3) is 0 Å². The summed E-state index contributed by atoms with van der Waals surface area (Å²) >= 11 is 4.34. The van der Waals surface area contributed by atoms with Crippen LogP contribution in [0.5, 0.6) is 0 Å². The van der Waals surface area contributed by atoms with Gasteiger partial charge in [-0.05, 0) is 41.1 Å². The van der Waals surface area contributed by atoms with E-state index in [0.717, 1.165) is 22.9 Å². The summed E-state index contributed by atoms with van der Waals surface area (Å²) in [5.74, 6) is -1.01. The third-order valence-electron chi connectivity index (χ3n) is 3.54. The quantitative estimate of drug-likeness (QED) is 0.563. The van der Waals surface area contributed by atoms with Crippen LogP contribution >= 0.6 is 27.7 Å². The van der Waals surface area contributed by atoms with Crippen molar-refractivity contribution in [2.75, 3.05) is 11.1 Å². The lowest BCUT2D eigenvalue weighted by Gasteiger charge is -2.10. The number of nitrogens with zero attached hydrogens (tertiary/aromatic N) is 1. The van der Waals surface area contributed by atoms with E-state index in [1.165, 1.54) is 17.8 Å². The molecule has 1 heterocycles. The smallest absolute Gasteiger partial charge is 0.234 e. The number of halogens is 3. The number of hydrogen-bond acceptors (Lipinski definition) is 3. The van der Waals surface area contributed by atoms with Crippen molar-refractivity contribution in [2.24, 2.45) is 0 Å². The Morgan fingerprint density at radius 2 is 2.08 bits per heavy atom. The standard InChI is InChI=1S/C17H14BrF2N3OS/c1-9(17-22-13-4-2-3-5-14(13)23-17)25-8-16(24)21-15-6-10(18)11(19)7-12(15)20/h2-7,9H,8H2,1H3,(H,21,24)(H,22,23)/t9-/m1/s1. The molecule has 2 N–H and O–H groups in total. The third kappa shape index (κ3) is 4.19. The number of hydrogen-bond donors (Lipinski definition) is 2. The molecule has 0 saturated carbocycles. The fourth-order valence-electron chi connectivity index (χ4n) is 2.25. The molecule has 2 aromatic carbocycles. The van der Waals surface area contributed by atoms with Crippen molar-refractivity contribution in [3.05, 3.63) is 58.3 Å². The second-order valence-corrected chi connectivity index (χ2v) is 7.57. The SMILES string of the molecule is C[C@@H](SCC(=O)Nc1cc(Br)c(F)cc1F)c1nc2ccccc2[nH]1. The number of aromatic nitrogens is 2. The molecule has 0 spiro atoms. The molecule has 0 unspecified atom stereocenters. The zero-order chi connectivity index (χ0) is 18.0. The van der Waals surface area contributed by atoms with E-state index in [4.69, 9.17) is 0 Å². The van der Waals surface area contributed by atoms with Crippen molar-refractivity contribution < 1.29 is 13.6 Å². The van der Waals surface area contributed by atoms with Gasteiger partial charge in [0, 0.05) is 6.07 Å². The normalized spacial score (nSPS) is 12.3. The number of thioether (sulfide) groups is 1. The zero-order valence-electron chi connectivity index (χ0n) is 13.1. The highest BCUT2D eigenvalue weighted by Crippen LogP contribution is 2.28. The molecule has 1 aromatic heterocycles. The first-order chi connectivity index (χ1) is 11.9. The van der Waals surface area contributed by atoms with Crippen LogP contribution in [0.25, 0.3) is 11.0 Å². The van der Waals surface area contributed by atoms with Crippen LogP contribution in [-0.4, -0.2) is 21.6 Å². The molecular weight excluding hydrogens is 412 g/mol. The summed E-state index contributed by atoms with van der Waals surface area (Å²) in [6.07, 6.45) is 0. The third-order valence-corrected chi connectivity index (χ3v) is 5.30. The molecule has 0 aliphatic carbocycles. The Hall–Kier alpha value is -1.93. The largest absolute Gasteiger partial charge is 0.341 e. The van der Waals surface area contributed by atoms with Gasteiger partial charge in [-0.1, -0.05) is 12.1 Å². The highest BCUT2D eigenvalue weighted by atomic mass is 79.9. The van der Waals surface area contributed by atoms with Crippen LogP contribution in [0.3, 0.4) is 0 Å². The van der Waals surface area contributed by atoms with E-state index in [0.29, 0.717) is 0 Å². The molecule has 0 aliphatic heterocycles. The van der Waals surface area contributed by atoms with E-state index in [-0.39, 0.29) is 27.1 Å². The second-order valence-electron chi connectivity index (χ2n) is 5.39. The van der Waals surface area contributed by atoms with Crippen LogP contribution in [0, 0.1) is 11.6 Å². The van der Waals surface area contributed by atoms with Crippen LogP contribution in [-0.2, 0) is 4.79 Å². The molecule has 8 heteroatoms. The summed E-state index contributed by atoms with van der Waals surface area (Å²) in [6, 6.07) is 9.61. The first-order valence-corrected chi connectivity index (χ1v) is 9.29. The van der Waals surface area contributed by atoms with E-state index in [2.05, 4.69) is 31.2 Å². The Bertz CT molecular complexity index is 898. The predicted molar refractivity (Wildman–Crippen MR) is 99.7 cm³/mol. The Balaban J connectivity index is 1.61. The molecule has 25 heavy (non-hydrogen) atoms. The fourth-order valence-corrected chi connectivity index (χ4v) is 3.34. The van der Waals surface area contributed by atoms with Gasteiger partial charge in [0.1, 0.15) is 17.5 Å². The number of nitrogens with one attached hydrogen (secondary N) is 2. The number of carbonyl (C=O) groups is 1. The summed E-state index contributed by atoms with van der Waals surface area (Å²) in [5, 5.41) is 2.41. The summed E-state index contributed by atoms with van der Waals surface area (Å²) < 4.78 is 27.0. The molecule has 130 valence electrons. The van der Waals surface area contributed by atoms with Crippen molar-refractivity contribution >= 4 is 50.3 Å². The molecule has 1 amide bonds. The number of rotatable bonds is 5. The van der Waals surface area contributed by atoms with E-state index in [9.17, 15) is 13.6 Å². The van der Waals surface area contributed by atoms with Crippen molar-refractivity contribution in [1.29, 1.82) is 0 Å². The molecule has 0 aliphatic rings. The van der Waals surface area contributed by atoms with Gasteiger partial charge >= 0.3 is 0 Å². The summed E-state index contributed by atoms with van der Waals surface area (Å²) in [7, 11) is 0. The molecule has 4 nitrogen and oxygen atoms in total. The number of anilines is 1. The van der Waals surface area contributed by atoms with Crippen molar-refractivity contribution in [2.45, 2.75) is 12.2 Å². The monoisotopic (exact) mass is 425 g/mol. The number of amides is 1. The van der Waals surface area contributed by atoms with Gasteiger partial charge in [0.15, 0.2) is 0 Å². The Kier molecular flexibility index (Phi) is 5.39. The Morgan fingerprint density at radius 1 is 1.32 bits per heavy atom. The van der Waals surface area contributed by atoms with Gasteiger partial charge in [-0.25, -0.2) is 13.8 Å². The minimum atomic E-state index is -0.815. The van der Waals surface area contributed by atoms with Gasteiger partial charge < -0.3 is 10.3 Å². The number of carbonyl (C=O) groups excluding carboxylic acids is 1. The number of benzene rings is 2. The lowest BCUT2D eigenvalue weighted by molar-refractivity contribution is -0.113. The number of para-hydroxylation sites is 2. The number of aromatic amines is 1. The maximum absolute atomic E-state index is 13.7. The molecule has 0 bridgehead atoms. The number of H-pyrrole nitrogens is 1. The lowest BCUT2D eigenvalue weighted by atomic mass is 10.3. The van der Waals surface area contributed by atoms with Crippen LogP contribution in [0.1, 0.15) is 18.0 Å². The Labute approximate surface area is 155 Å². The van der Waals surface area contributed by atoms with Crippen LogP contribution < -0.4 is 5.32 Å². The minimum Gasteiger partial charge on any atom is -0.341 e. The maximum atomic E-state index is 13.7. The molecule has 3 rings (SSSR count). The minimum absolute atomic E-state index is 0.0389. The first kappa shape index (κ1) is 17.9. The average molecular weight is 426 g/mol. The number of imidazole rings is 1. The van der Waals surface area contributed by atoms with E-state index in [1.807, 2.05) is 31.2 Å². The summed E-state index contributed by atoms with van der Waals surface area (Å²) in [4.78, 5) is 19.7. The van der Waals surface area contributed by atoms with E-state index in [1.54, 1.807) is 0 Å². The molecule has 0 fully saturated rings. The van der Waals surface area contributed by atoms with Gasteiger partial charge in [-0.2, -0.15) is 0 Å². The average Bonchev–Trinajstić information content (AvgIpc) is 3.02. The first-order valence-electron chi connectivity index (χ1n) is 7.44. The Morgan fingerprint density at radius 3 is 2.84 bits per heavy atom. The van der Waals surface area contributed by atoms with Gasteiger partial charge in [-0.3, -0.25) is 4.79 Å². The zero-order valence-corrected chi connectivity index (χ0v) is 15.5. The molecule has 0 radical (unpaired) electrons. The van der Waals surface area contributed by atoms with Gasteiger partial charge in [-0.15, -0.1) is 11.8 Å². The van der Waals surface area contributed by atoms with Gasteiger partial charge in [0.05, 0.1) is 32.2 Å². The van der Waals surface area contributed by atoms with Crippen LogP contribution in [0.15, 0.2) is 40.9 Å². The van der Waals surface area contributed by atoms with Gasteiger partial charge in [0.2, 0.25) is 5.91 Å². The highest BCUT2D eigenvalue weighted by molar-refractivity contribution is 9.10. The molecular formula is C17H14BrF2N3OS. The summed E-state index contributed by atoms with van der Waals surface area (Å²) in [6.45, 7) is 1.94. The van der Waals surface area contributed by atoms with Crippen LogP contribution in [0.2, 0.25) is 0 Å². The predicted octanol–water partition coefficient (Wildman–Crippen LogP) is 5.04.